The second-order valence-corrected chi connectivity index (χ2v) is 4.17. The molecule has 0 fully saturated rings. The van der Waals surface area contributed by atoms with Crippen LogP contribution in [-0.4, -0.2) is 16.0 Å². The maximum atomic E-state index is 5.38. The molecule has 2 aromatic heterocycles. The van der Waals surface area contributed by atoms with E-state index in [1.807, 2.05) is 19.1 Å². The fourth-order valence-electron chi connectivity index (χ4n) is 1.76. The predicted octanol–water partition coefficient (Wildman–Crippen LogP) is 1.71. The van der Waals surface area contributed by atoms with Crippen molar-refractivity contribution in [3.8, 4) is 0 Å². The van der Waals surface area contributed by atoms with Crippen molar-refractivity contribution in [1.82, 2.24) is 9.97 Å². The molecule has 96 valence electrons. The van der Waals surface area contributed by atoms with E-state index in [2.05, 4.69) is 27.6 Å². The van der Waals surface area contributed by atoms with Crippen LogP contribution in [0.1, 0.15) is 18.2 Å². The minimum absolute atomic E-state index is 0.204. The van der Waals surface area contributed by atoms with Gasteiger partial charge in [-0.1, -0.05) is 0 Å². The zero-order valence-electron chi connectivity index (χ0n) is 10.5. The van der Waals surface area contributed by atoms with Gasteiger partial charge in [0.25, 0.3) is 0 Å². The molecule has 0 amide bonds. The van der Waals surface area contributed by atoms with E-state index < -0.39 is 0 Å². The maximum absolute atomic E-state index is 5.38. The molecule has 6 nitrogen and oxygen atoms in total. The normalized spacial score (nSPS) is 12.2. The number of aromatic nitrogens is 2. The molecule has 2 heterocycles. The molecule has 0 saturated heterocycles. The number of nitrogens with zero attached hydrogens (tertiary/aromatic N) is 2. The van der Waals surface area contributed by atoms with E-state index in [4.69, 9.17) is 10.3 Å². The zero-order valence-corrected chi connectivity index (χ0v) is 10.5. The van der Waals surface area contributed by atoms with Gasteiger partial charge in [-0.25, -0.2) is 15.8 Å². The summed E-state index contributed by atoms with van der Waals surface area (Å²) in [7, 11) is 0. The predicted molar refractivity (Wildman–Crippen MR) is 70.1 cm³/mol. The van der Waals surface area contributed by atoms with E-state index in [0.717, 1.165) is 23.6 Å². The minimum atomic E-state index is 0.204. The molecule has 0 bridgehead atoms. The van der Waals surface area contributed by atoms with Crippen molar-refractivity contribution in [1.29, 1.82) is 0 Å². The highest BCUT2D eigenvalue weighted by molar-refractivity contribution is 5.56. The Morgan fingerprint density at radius 2 is 2.17 bits per heavy atom. The van der Waals surface area contributed by atoms with Crippen molar-refractivity contribution in [2.45, 2.75) is 26.3 Å². The lowest BCUT2D eigenvalue weighted by Gasteiger charge is -2.16. The maximum Gasteiger partial charge on any atom is 0.148 e. The van der Waals surface area contributed by atoms with Crippen LogP contribution in [0, 0.1) is 6.92 Å². The lowest BCUT2D eigenvalue weighted by atomic mass is 10.2. The van der Waals surface area contributed by atoms with E-state index in [-0.39, 0.29) is 6.04 Å². The largest absolute Gasteiger partial charge is 0.469 e. The first kappa shape index (κ1) is 12.4. The lowest BCUT2D eigenvalue weighted by Crippen LogP contribution is -2.20. The topological polar surface area (TPSA) is 89.0 Å². The second kappa shape index (κ2) is 5.50. The first-order chi connectivity index (χ1) is 8.70. The van der Waals surface area contributed by atoms with Crippen LogP contribution in [0.5, 0.6) is 0 Å². The summed E-state index contributed by atoms with van der Waals surface area (Å²) in [5.41, 5.74) is 3.44. The molecule has 4 N–H and O–H groups in total. The summed E-state index contributed by atoms with van der Waals surface area (Å²) in [6.45, 7) is 3.98. The molecule has 0 saturated carbocycles. The van der Waals surface area contributed by atoms with Crippen molar-refractivity contribution in [2.75, 3.05) is 10.7 Å². The Hall–Kier alpha value is -2.08. The Balaban J connectivity index is 2.05. The highest BCUT2D eigenvalue weighted by atomic mass is 16.3. The van der Waals surface area contributed by atoms with Gasteiger partial charge in [-0.05, 0) is 26.0 Å². The standard InChI is InChI=1S/C12H17N5O/c1-8(6-10-4-3-5-18-10)16-11-9(2)12(17-13)15-7-14-11/h3-5,7-8H,6,13H2,1-2H3,(H2,14,15,16,17). The number of nitrogen functional groups attached to an aromatic ring is 1. The first-order valence-electron chi connectivity index (χ1n) is 5.78. The fraction of sp³-hybridized carbons (Fsp3) is 0.333. The van der Waals surface area contributed by atoms with Crippen LogP contribution in [0.15, 0.2) is 29.1 Å². The van der Waals surface area contributed by atoms with Gasteiger partial charge in [0.15, 0.2) is 0 Å². The molecular formula is C12H17N5O. The minimum Gasteiger partial charge on any atom is -0.469 e. The van der Waals surface area contributed by atoms with Gasteiger partial charge in [0.05, 0.1) is 6.26 Å². The third-order valence-electron chi connectivity index (χ3n) is 2.69. The summed E-state index contributed by atoms with van der Waals surface area (Å²) in [5.74, 6) is 7.72. The summed E-state index contributed by atoms with van der Waals surface area (Å²) < 4.78 is 5.31. The Bertz CT molecular complexity index is 497. The molecule has 0 spiro atoms. The number of furan rings is 1. The fourth-order valence-corrected chi connectivity index (χ4v) is 1.76. The van der Waals surface area contributed by atoms with Crippen molar-refractivity contribution in [3.05, 3.63) is 36.0 Å². The molecule has 0 aromatic carbocycles. The summed E-state index contributed by atoms with van der Waals surface area (Å²) in [6.07, 6.45) is 3.94. The number of nitrogens with one attached hydrogen (secondary N) is 2. The average Bonchev–Trinajstić information content (AvgIpc) is 2.84. The van der Waals surface area contributed by atoms with Crippen LogP contribution in [0.4, 0.5) is 11.6 Å². The molecule has 1 unspecified atom stereocenters. The van der Waals surface area contributed by atoms with Gasteiger partial charge in [-0.3, -0.25) is 0 Å². The highest BCUT2D eigenvalue weighted by Gasteiger charge is 2.10. The zero-order chi connectivity index (χ0) is 13.0. The van der Waals surface area contributed by atoms with Gasteiger partial charge in [0.1, 0.15) is 23.7 Å². The molecular weight excluding hydrogens is 230 g/mol. The van der Waals surface area contributed by atoms with E-state index in [1.54, 1.807) is 6.26 Å². The van der Waals surface area contributed by atoms with E-state index in [9.17, 15) is 0 Å². The van der Waals surface area contributed by atoms with Gasteiger partial charge in [-0.15, -0.1) is 0 Å². The first-order valence-corrected chi connectivity index (χ1v) is 5.78. The van der Waals surface area contributed by atoms with Crippen molar-refractivity contribution in [3.63, 3.8) is 0 Å². The summed E-state index contributed by atoms with van der Waals surface area (Å²) in [5, 5.41) is 3.32. The van der Waals surface area contributed by atoms with Gasteiger partial charge in [-0.2, -0.15) is 0 Å². The molecule has 6 heteroatoms. The van der Waals surface area contributed by atoms with E-state index >= 15 is 0 Å². The van der Waals surface area contributed by atoms with Gasteiger partial charge < -0.3 is 15.2 Å². The monoisotopic (exact) mass is 247 g/mol. The molecule has 0 aliphatic rings. The number of anilines is 2. The Morgan fingerprint density at radius 3 is 2.83 bits per heavy atom. The molecule has 1 atom stereocenters. The molecule has 0 aliphatic heterocycles. The third-order valence-corrected chi connectivity index (χ3v) is 2.69. The highest BCUT2D eigenvalue weighted by Crippen LogP contribution is 2.18. The van der Waals surface area contributed by atoms with E-state index in [0.29, 0.717) is 5.82 Å². The number of hydrogen-bond donors (Lipinski definition) is 3. The van der Waals surface area contributed by atoms with Crippen LogP contribution in [0.3, 0.4) is 0 Å². The van der Waals surface area contributed by atoms with Crippen molar-refractivity contribution < 1.29 is 4.42 Å². The van der Waals surface area contributed by atoms with E-state index in [1.165, 1.54) is 6.33 Å². The van der Waals surface area contributed by atoms with Crippen LogP contribution >= 0.6 is 0 Å². The second-order valence-electron chi connectivity index (χ2n) is 4.17. The molecule has 0 aliphatic carbocycles. The number of hydrazine groups is 1. The van der Waals surface area contributed by atoms with Crippen LogP contribution in [0.25, 0.3) is 0 Å². The van der Waals surface area contributed by atoms with Crippen LogP contribution < -0.4 is 16.6 Å². The average molecular weight is 247 g/mol. The summed E-state index contributed by atoms with van der Waals surface area (Å²) >= 11 is 0. The SMILES string of the molecule is Cc1c(NN)ncnc1NC(C)Cc1ccco1. The van der Waals surface area contributed by atoms with Gasteiger partial charge in [0.2, 0.25) is 0 Å². The molecule has 2 rings (SSSR count). The van der Waals surface area contributed by atoms with Crippen molar-refractivity contribution >= 4 is 11.6 Å². The lowest BCUT2D eigenvalue weighted by molar-refractivity contribution is 0.497. The summed E-state index contributed by atoms with van der Waals surface area (Å²) in [4.78, 5) is 8.24. The summed E-state index contributed by atoms with van der Waals surface area (Å²) in [6, 6.07) is 4.04. The molecule has 18 heavy (non-hydrogen) atoms. The quantitative estimate of drug-likeness (QED) is 0.550. The smallest absolute Gasteiger partial charge is 0.148 e. The Labute approximate surface area is 106 Å². The van der Waals surface area contributed by atoms with Gasteiger partial charge in [0, 0.05) is 18.0 Å². The number of rotatable bonds is 5. The van der Waals surface area contributed by atoms with Crippen molar-refractivity contribution in [2.24, 2.45) is 5.84 Å². The molecule has 2 aromatic rings. The Morgan fingerprint density at radius 1 is 1.39 bits per heavy atom. The van der Waals surface area contributed by atoms with Crippen LogP contribution in [0.2, 0.25) is 0 Å². The van der Waals surface area contributed by atoms with Crippen LogP contribution in [-0.2, 0) is 6.42 Å². The number of hydrogen-bond acceptors (Lipinski definition) is 6. The molecule has 0 radical (unpaired) electrons. The Kier molecular flexibility index (Phi) is 3.78. The number of nitrogens with two attached hydrogens (primary N) is 1. The third kappa shape index (κ3) is 2.78. The van der Waals surface area contributed by atoms with Gasteiger partial charge >= 0.3 is 0 Å².